The van der Waals surface area contributed by atoms with E-state index < -0.39 is 17.1 Å². The van der Waals surface area contributed by atoms with Gasteiger partial charge in [0.15, 0.2) is 0 Å². The summed E-state index contributed by atoms with van der Waals surface area (Å²) in [6.07, 6.45) is 2.79. The summed E-state index contributed by atoms with van der Waals surface area (Å²) in [5.74, 6) is -1.45. The molecule has 6 nitrogen and oxygen atoms in total. The topological polar surface area (TPSA) is 91.4 Å². The molecule has 1 aromatic carbocycles. The highest BCUT2D eigenvalue weighted by Gasteiger charge is 2.31. The van der Waals surface area contributed by atoms with E-state index in [1.807, 2.05) is 12.1 Å². The highest BCUT2D eigenvalue weighted by atomic mass is 32.2. The van der Waals surface area contributed by atoms with Gasteiger partial charge < -0.3 is 5.11 Å². The third-order valence-corrected chi connectivity index (χ3v) is 4.75. The SMILES string of the molecule is O=C(O)CC1SC(N=NC2CCCc3ccccc32)=NC1=O. The molecule has 1 aliphatic carbocycles. The molecule has 0 aromatic heterocycles. The monoisotopic (exact) mass is 317 g/mol. The summed E-state index contributed by atoms with van der Waals surface area (Å²) < 4.78 is 0. The van der Waals surface area contributed by atoms with Crippen molar-refractivity contribution >= 4 is 28.8 Å². The molecule has 2 atom stereocenters. The summed E-state index contributed by atoms with van der Waals surface area (Å²) in [6.45, 7) is 0. The Morgan fingerprint density at radius 3 is 3.05 bits per heavy atom. The number of aliphatic imine (C=N–C) groups is 1. The second-order valence-corrected chi connectivity index (χ2v) is 6.43. The summed E-state index contributed by atoms with van der Waals surface area (Å²) in [4.78, 5) is 26.1. The Hall–Kier alpha value is -2.02. The van der Waals surface area contributed by atoms with Crippen LogP contribution in [0.3, 0.4) is 0 Å². The van der Waals surface area contributed by atoms with Crippen molar-refractivity contribution in [3.63, 3.8) is 0 Å². The molecule has 7 heteroatoms. The molecule has 114 valence electrons. The lowest BCUT2D eigenvalue weighted by Crippen LogP contribution is -2.15. The summed E-state index contributed by atoms with van der Waals surface area (Å²) in [5, 5.41) is 16.7. The predicted molar refractivity (Wildman–Crippen MR) is 83.1 cm³/mol. The summed E-state index contributed by atoms with van der Waals surface area (Å²) in [7, 11) is 0. The van der Waals surface area contributed by atoms with Gasteiger partial charge in [-0.05, 0) is 30.4 Å². The zero-order valence-electron chi connectivity index (χ0n) is 11.8. The largest absolute Gasteiger partial charge is 0.481 e. The van der Waals surface area contributed by atoms with Crippen LogP contribution in [0.15, 0.2) is 39.5 Å². The van der Waals surface area contributed by atoms with Crippen LogP contribution in [0.4, 0.5) is 0 Å². The molecular formula is C15H15N3O3S. The minimum absolute atomic E-state index is 0.0122. The van der Waals surface area contributed by atoms with Crippen molar-refractivity contribution in [3.05, 3.63) is 35.4 Å². The van der Waals surface area contributed by atoms with Gasteiger partial charge in [-0.3, -0.25) is 9.59 Å². The van der Waals surface area contributed by atoms with Crippen LogP contribution in [0.2, 0.25) is 0 Å². The number of nitrogens with zero attached hydrogens (tertiary/aromatic N) is 3. The van der Waals surface area contributed by atoms with Gasteiger partial charge in [-0.15, -0.1) is 5.11 Å². The van der Waals surface area contributed by atoms with E-state index in [1.165, 1.54) is 11.1 Å². The Kier molecular flexibility index (Phi) is 4.33. The number of azo groups is 1. The number of thioether (sulfide) groups is 1. The van der Waals surface area contributed by atoms with Gasteiger partial charge >= 0.3 is 5.97 Å². The third kappa shape index (κ3) is 3.24. The van der Waals surface area contributed by atoms with Crippen molar-refractivity contribution in [1.82, 2.24) is 0 Å². The second kappa shape index (κ2) is 6.39. The van der Waals surface area contributed by atoms with Crippen LogP contribution in [0.25, 0.3) is 0 Å². The summed E-state index contributed by atoms with van der Waals surface area (Å²) in [5.41, 5.74) is 2.47. The molecule has 2 unspecified atom stereocenters. The van der Waals surface area contributed by atoms with E-state index in [0.717, 1.165) is 31.0 Å². The number of fused-ring (bicyclic) bond motifs is 1. The zero-order chi connectivity index (χ0) is 15.5. The van der Waals surface area contributed by atoms with E-state index in [9.17, 15) is 9.59 Å². The maximum atomic E-state index is 11.6. The van der Waals surface area contributed by atoms with Gasteiger partial charge in [0.25, 0.3) is 5.91 Å². The van der Waals surface area contributed by atoms with E-state index in [2.05, 4.69) is 27.4 Å². The Balaban J connectivity index is 1.70. The standard InChI is InChI=1S/C15H15N3O3S/c19-13(20)8-12-14(21)16-15(22-12)18-17-11-7-3-5-9-4-1-2-6-10(9)11/h1-2,4,6,11-12H,3,5,7-8H2,(H,19,20). The Morgan fingerprint density at radius 2 is 2.23 bits per heavy atom. The number of hydrogen-bond donors (Lipinski definition) is 1. The maximum Gasteiger partial charge on any atom is 0.305 e. The lowest BCUT2D eigenvalue weighted by Gasteiger charge is -2.21. The lowest BCUT2D eigenvalue weighted by molar-refractivity contribution is -0.138. The first-order valence-electron chi connectivity index (χ1n) is 7.13. The highest BCUT2D eigenvalue weighted by Crippen LogP contribution is 2.33. The van der Waals surface area contributed by atoms with Crippen LogP contribution in [-0.2, 0) is 16.0 Å². The van der Waals surface area contributed by atoms with Crippen molar-refractivity contribution in [3.8, 4) is 0 Å². The van der Waals surface area contributed by atoms with Crippen molar-refractivity contribution < 1.29 is 14.7 Å². The van der Waals surface area contributed by atoms with Crippen LogP contribution >= 0.6 is 11.8 Å². The molecule has 3 rings (SSSR count). The average Bonchev–Trinajstić information content (AvgIpc) is 2.84. The lowest BCUT2D eigenvalue weighted by atomic mass is 9.88. The molecule has 0 radical (unpaired) electrons. The van der Waals surface area contributed by atoms with Crippen LogP contribution in [-0.4, -0.2) is 27.4 Å². The number of carbonyl (C=O) groups is 2. The van der Waals surface area contributed by atoms with Gasteiger partial charge in [0.05, 0.1) is 12.5 Å². The first-order chi connectivity index (χ1) is 10.6. The fraction of sp³-hybridized carbons (Fsp3) is 0.400. The van der Waals surface area contributed by atoms with Gasteiger partial charge in [-0.25, -0.2) is 0 Å². The Bertz CT molecular complexity index is 672. The van der Waals surface area contributed by atoms with E-state index in [-0.39, 0.29) is 17.6 Å². The number of rotatable bonds is 3. The quantitative estimate of drug-likeness (QED) is 0.867. The molecule has 0 saturated heterocycles. The Morgan fingerprint density at radius 1 is 1.41 bits per heavy atom. The van der Waals surface area contributed by atoms with E-state index in [0.29, 0.717) is 0 Å². The number of carbonyl (C=O) groups excluding carboxylic acids is 1. The smallest absolute Gasteiger partial charge is 0.305 e. The molecule has 0 fully saturated rings. The van der Waals surface area contributed by atoms with Gasteiger partial charge in [-0.1, -0.05) is 36.0 Å². The minimum Gasteiger partial charge on any atom is -0.481 e. The molecule has 0 bridgehead atoms. The number of aliphatic carboxylic acids is 1. The third-order valence-electron chi connectivity index (χ3n) is 3.71. The van der Waals surface area contributed by atoms with Crippen LogP contribution in [0.5, 0.6) is 0 Å². The van der Waals surface area contributed by atoms with Crippen LogP contribution < -0.4 is 0 Å². The normalized spacial score (nSPS) is 24.4. The second-order valence-electron chi connectivity index (χ2n) is 5.26. The average molecular weight is 317 g/mol. The van der Waals surface area contributed by atoms with Gasteiger partial charge in [0.1, 0.15) is 5.25 Å². The number of carboxylic acids is 1. The highest BCUT2D eigenvalue weighted by molar-refractivity contribution is 8.15. The van der Waals surface area contributed by atoms with E-state index in [4.69, 9.17) is 5.11 Å². The molecule has 1 amide bonds. The number of hydrogen-bond acceptors (Lipinski definition) is 5. The fourth-order valence-corrected chi connectivity index (χ4v) is 3.54. The number of amides is 1. The predicted octanol–water partition coefficient (Wildman–Crippen LogP) is 2.99. The van der Waals surface area contributed by atoms with Crippen molar-refractivity contribution in [1.29, 1.82) is 0 Å². The first-order valence-corrected chi connectivity index (χ1v) is 8.01. The van der Waals surface area contributed by atoms with E-state index >= 15 is 0 Å². The van der Waals surface area contributed by atoms with Crippen molar-refractivity contribution in [2.75, 3.05) is 0 Å². The summed E-state index contributed by atoms with van der Waals surface area (Å²) in [6, 6.07) is 8.15. The number of amidine groups is 1. The molecular weight excluding hydrogens is 302 g/mol. The van der Waals surface area contributed by atoms with Gasteiger partial charge in [0, 0.05) is 0 Å². The Labute approximate surface area is 131 Å². The minimum atomic E-state index is -1.01. The first kappa shape index (κ1) is 14.9. The fourth-order valence-electron chi connectivity index (χ4n) is 2.67. The molecule has 1 heterocycles. The zero-order valence-corrected chi connectivity index (χ0v) is 12.6. The van der Waals surface area contributed by atoms with Crippen LogP contribution in [0.1, 0.15) is 36.4 Å². The molecule has 0 spiro atoms. The van der Waals surface area contributed by atoms with Crippen molar-refractivity contribution in [2.24, 2.45) is 15.2 Å². The maximum absolute atomic E-state index is 11.6. The molecule has 22 heavy (non-hydrogen) atoms. The number of benzene rings is 1. The van der Waals surface area contributed by atoms with Gasteiger partial charge in [-0.2, -0.15) is 10.1 Å². The van der Waals surface area contributed by atoms with E-state index in [1.54, 1.807) is 0 Å². The van der Waals surface area contributed by atoms with Gasteiger partial charge in [0.2, 0.25) is 5.17 Å². The van der Waals surface area contributed by atoms with Crippen molar-refractivity contribution in [2.45, 2.75) is 37.0 Å². The molecule has 2 aliphatic rings. The number of carboxylic acid groups (broad SMARTS) is 1. The molecule has 1 N–H and O–H groups in total. The molecule has 0 saturated carbocycles. The number of aryl methyl sites for hydroxylation is 1. The van der Waals surface area contributed by atoms with Crippen LogP contribution in [0, 0.1) is 0 Å². The summed E-state index contributed by atoms with van der Waals surface area (Å²) >= 11 is 1.08. The molecule has 1 aromatic rings. The molecule has 1 aliphatic heterocycles.